The van der Waals surface area contributed by atoms with Gasteiger partial charge in [-0.3, -0.25) is 0 Å². The zero-order valence-corrected chi connectivity index (χ0v) is 14.8. The Morgan fingerprint density at radius 1 is 1.10 bits per heavy atom. The Morgan fingerprint density at radius 3 is 2.50 bits per heavy atom. The first kappa shape index (κ1) is 16.7. The van der Waals surface area contributed by atoms with Crippen LogP contribution >= 0.6 is 11.8 Å². The average molecular weight is 298 g/mol. The first-order chi connectivity index (χ1) is 9.42. The van der Waals surface area contributed by atoms with Crippen LogP contribution in [0.4, 0.5) is 0 Å². The number of nitrogens with two attached hydrogens (primary N) is 1. The SMILES string of the molecule is CCC(C)(C)C1CCC(N)C(SC2CCCC(C)C2)C1. The molecule has 118 valence electrons. The Balaban J connectivity index is 1.92. The van der Waals surface area contributed by atoms with Crippen molar-refractivity contribution in [3.63, 3.8) is 0 Å². The fraction of sp³-hybridized carbons (Fsp3) is 1.00. The van der Waals surface area contributed by atoms with Crippen LogP contribution in [0.2, 0.25) is 0 Å². The summed E-state index contributed by atoms with van der Waals surface area (Å²) in [5, 5.41) is 1.60. The minimum absolute atomic E-state index is 0.445. The van der Waals surface area contributed by atoms with Gasteiger partial charge in [0, 0.05) is 16.5 Å². The van der Waals surface area contributed by atoms with E-state index in [2.05, 4.69) is 39.5 Å². The van der Waals surface area contributed by atoms with E-state index >= 15 is 0 Å². The van der Waals surface area contributed by atoms with Gasteiger partial charge in [-0.05, 0) is 49.4 Å². The highest BCUT2D eigenvalue weighted by molar-refractivity contribution is 8.00. The number of rotatable bonds is 4. The van der Waals surface area contributed by atoms with Gasteiger partial charge in [0.1, 0.15) is 0 Å². The Bertz CT molecular complexity index is 302. The molecule has 5 unspecified atom stereocenters. The van der Waals surface area contributed by atoms with Crippen LogP contribution < -0.4 is 5.73 Å². The van der Waals surface area contributed by atoms with Gasteiger partial charge in [-0.1, -0.05) is 47.0 Å². The summed E-state index contributed by atoms with van der Waals surface area (Å²) in [6.07, 6.45) is 11.0. The van der Waals surface area contributed by atoms with Gasteiger partial charge in [0.2, 0.25) is 0 Å². The van der Waals surface area contributed by atoms with Crippen LogP contribution in [0.1, 0.15) is 79.1 Å². The Hall–Kier alpha value is 0.310. The maximum absolute atomic E-state index is 6.46. The van der Waals surface area contributed by atoms with E-state index in [0.29, 0.717) is 11.5 Å². The van der Waals surface area contributed by atoms with Crippen LogP contribution in [0.3, 0.4) is 0 Å². The third-order valence-corrected chi connectivity index (χ3v) is 7.82. The number of thioether (sulfide) groups is 1. The molecule has 0 amide bonds. The summed E-state index contributed by atoms with van der Waals surface area (Å²) in [6.45, 7) is 9.69. The van der Waals surface area contributed by atoms with E-state index in [0.717, 1.165) is 22.3 Å². The first-order valence-corrected chi connectivity index (χ1v) is 9.77. The molecule has 0 aromatic rings. The summed E-state index contributed by atoms with van der Waals surface area (Å²) in [4.78, 5) is 0. The summed E-state index contributed by atoms with van der Waals surface area (Å²) in [7, 11) is 0. The first-order valence-electron chi connectivity index (χ1n) is 8.83. The normalized spacial score (nSPS) is 39.8. The van der Waals surface area contributed by atoms with Crippen molar-refractivity contribution in [2.45, 2.75) is 95.6 Å². The van der Waals surface area contributed by atoms with Crippen LogP contribution in [0, 0.1) is 17.3 Å². The molecule has 5 atom stereocenters. The lowest BCUT2D eigenvalue weighted by molar-refractivity contribution is 0.148. The minimum atomic E-state index is 0.445. The number of hydrogen-bond acceptors (Lipinski definition) is 2. The molecule has 2 aliphatic carbocycles. The summed E-state index contributed by atoms with van der Waals surface area (Å²) in [5.74, 6) is 1.81. The van der Waals surface area contributed by atoms with Gasteiger partial charge in [0.15, 0.2) is 0 Å². The molecule has 2 N–H and O–H groups in total. The van der Waals surface area contributed by atoms with Crippen molar-refractivity contribution in [3.8, 4) is 0 Å². The third kappa shape index (κ3) is 4.16. The standard InChI is InChI=1S/C18H35NS/c1-5-18(3,4)14-9-10-16(19)17(12-14)20-15-8-6-7-13(2)11-15/h13-17H,5-12,19H2,1-4H3. The van der Waals surface area contributed by atoms with Crippen molar-refractivity contribution in [1.29, 1.82) is 0 Å². The fourth-order valence-corrected chi connectivity index (χ4v) is 5.97. The molecule has 0 spiro atoms. The minimum Gasteiger partial charge on any atom is -0.327 e. The van der Waals surface area contributed by atoms with E-state index in [9.17, 15) is 0 Å². The molecular weight excluding hydrogens is 262 g/mol. The van der Waals surface area contributed by atoms with Crippen molar-refractivity contribution in [2.24, 2.45) is 23.0 Å². The van der Waals surface area contributed by atoms with E-state index in [-0.39, 0.29) is 0 Å². The summed E-state index contributed by atoms with van der Waals surface area (Å²) >= 11 is 2.26. The monoisotopic (exact) mass is 297 g/mol. The molecule has 0 aromatic heterocycles. The third-order valence-electron chi connectivity index (χ3n) is 6.11. The van der Waals surface area contributed by atoms with E-state index < -0.39 is 0 Å². The molecule has 0 aromatic carbocycles. The lowest BCUT2D eigenvalue weighted by Crippen LogP contribution is -2.43. The molecule has 2 aliphatic rings. The van der Waals surface area contributed by atoms with E-state index in [1.807, 2.05) is 0 Å². The molecule has 1 nitrogen and oxygen atoms in total. The summed E-state index contributed by atoms with van der Waals surface area (Å²) < 4.78 is 0. The highest BCUT2D eigenvalue weighted by Crippen LogP contribution is 2.45. The molecule has 2 fully saturated rings. The Kier molecular flexibility index (Phi) is 5.88. The predicted octanol–water partition coefficient (Wildman–Crippen LogP) is 5.23. The van der Waals surface area contributed by atoms with Gasteiger partial charge in [-0.15, -0.1) is 0 Å². The van der Waals surface area contributed by atoms with Crippen LogP contribution in [0.15, 0.2) is 0 Å². The van der Waals surface area contributed by atoms with E-state index in [1.54, 1.807) is 0 Å². The topological polar surface area (TPSA) is 26.0 Å². The van der Waals surface area contributed by atoms with Crippen molar-refractivity contribution >= 4 is 11.8 Å². The molecule has 2 heteroatoms. The van der Waals surface area contributed by atoms with Crippen molar-refractivity contribution in [1.82, 2.24) is 0 Å². The van der Waals surface area contributed by atoms with Gasteiger partial charge in [-0.2, -0.15) is 11.8 Å². The zero-order chi connectivity index (χ0) is 14.8. The molecule has 0 bridgehead atoms. The maximum Gasteiger partial charge on any atom is 0.0204 e. The smallest absolute Gasteiger partial charge is 0.0204 e. The van der Waals surface area contributed by atoms with Gasteiger partial charge < -0.3 is 5.73 Å². The molecule has 0 aliphatic heterocycles. The summed E-state index contributed by atoms with van der Waals surface area (Å²) in [6, 6.07) is 0.445. The molecular formula is C18H35NS. The molecule has 2 saturated carbocycles. The van der Waals surface area contributed by atoms with Crippen LogP contribution in [0.25, 0.3) is 0 Å². The second kappa shape index (κ2) is 7.05. The predicted molar refractivity (Wildman–Crippen MR) is 92.2 cm³/mol. The Labute approximate surface area is 130 Å². The molecule has 0 radical (unpaired) electrons. The lowest BCUT2D eigenvalue weighted by atomic mass is 9.69. The number of hydrogen-bond donors (Lipinski definition) is 1. The second-order valence-electron chi connectivity index (χ2n) is 8.08. The van der Waals surface area contributed by atoms with Gasteiger partial charge in [0.25, 0.3) is 0 Å². The van der Waals surface area contributed by atoms with Gasteiger partial charge in [-0.25, -0.2) is 0 Å². The highest BCUT2D eigenvalue weighted by Gasteiger charge is 2.37. The van der Waals surface area contributed by atoms with E-state index in [1.165, 1.54) is 51.4 Å². The van der Waals surface area contributed by atoms with Crippen molar-refractivity contribution in [2.75, 3.05) is 0 Å². The molecule has 20 heavy (non-hydrogen) atoms. The van der Waals surface area contributed by atoms with Crippen molar-refractivity contribution in [3.05, 3.63) is 0 Å². The average Bonchev–Trinajstić information content (AvgIpc) is 2.41. The highest BCUT2D eigenvalue weighted by atomic mass is 32.2. The molecule has 2 rings (SSSR count). The van der Waals surface area contributed by atoms with Crippen molar-refractivity contribution < 1.29 is 0 Å². The molecule has 0 heterocycles. The largest absolute Gasteiger partial charge is 0.327 e. The molecule has 0 saturated heterocycles. The fourth-order valence-electron chi connectivity index (χ4n) is 4.06. The van der Waals surface area contributed by atoms with Crippen LogP contribution in [-0.2, 0) is 0 Å². The lowest BCUT2D eigenvalue weighted by Gasteiger charge is -2.43. The quantitative estimate of drug-likeness (QED) is 0.769. The van der Waals surface area contributed by atoms with Gasteiger partial charge >= 0.3 is 0 Å². The van der Waals surface area contributed by atoms with Crippen LogP contribution in [0.5, 0.6) is 0 Å². The second-order valence-corrected chi connectivity index (χ2v) is 9.63. The summed E-state index contributed by atoms with van der Waals surface area (Å²) in [5.41, 5.74) is 6.96. The zero-order valence-electron chi connectivity index (χ0n) is 14.0. The maximum atomic E-state index is 6.46. The van der Waals surface area contributed by atoms with E-state index in [4.69, 9.17) is 5.73 Å². The van der Waals surface area contributed by atoms with Crippen LogP contribution in [-0.4, -0.2) is 16.5 Å². The Morgan fingerprint density at radius 2 is 1.85 bits per heavy atom. The van der Waals surface area contributed by atoms with Gasteiger partial charge in [0.05, 0.1) is 0 Å².